The number of halogens is 1. The molecule has 1 aliphatic rings. The van der Waals surface area contributed by atoms with Crippen LogP contribution in [0.3, 0.4) is 0 Å². The first-order valence-corrected chi connectivity index (χ1v) is 9.71. The van der Waals surface area contributed by atoms with Crippen molar-refractivity contribution in [3.8, 4) is 0 Å². The molecule has 1 fully saturated rings. The normalized spacial score (nSPS) is 23.1. The van der Waals surface area contributed by atoms with Crippen molar-refractivity contribution in [3.63, 3.8) is 0 Å². The molecule has 4 nitrogen and oxygen atoms in total. The van der Waals surface area contributed by atoms with Crippen LogP contribution in [0, 0.1) is 11.8 Å². The summed E-state index contributed by atoms with van der Waals surface area (Å²) in [5.41, 5.74) is 6.04. The third-order valence-corrected chi connectivity index (χ3v) is 6.16. The van der Waals surface area contributed by atoms with E-state index in [1.54, 1.807) is 18.2 Å². The lowest BCUT2D eigenvalue weighted by atomic mass is 9.81. The highest BCUT2D eigenvalue weighted by atomic mass is 79.9. The molecular formula is C15H23BrN2O2S. The molecule has 0 spiro atoms. The first kappa shape index (κ1) is 16.8. The van der Waals surface area contributed by atoms with Crippen molar-refractivity contribution in [1.82, 2.24) is 4.72 Å². The number of benzene rings is 1. The van der Waals surface area contributed by atoms with Crippen molar-refractivity contribution in [2.75, 3.05) is 12.3 Å². The zero-order chi connectivity index (χ0) is 15.5. The molecule has 3 N–H and O–H groups in total. The van der Waals surface area contributed by atoms with Crippen molar-refractivity contribution in [3.05, 3.63) is 22.7 Å². The predicted octanol–water partition coefficient (Wildman–Crippen LogP) is 3.53. The molecule has 0 radical (unpaired) electrons. The average Bonchev–Trinajstić information content (AvgIpc) is 2.41. The van der Waals surface area contributed by atoms with E-state index in [0.29, 0.717) is 16.9 Å². The Morgan fingerprint density at radius 1 is 1.38 bits per heavy atom. The maximum atomic E-state index is 12.3. The molecule has 2 rings (SSSR count). The molecular weight excluding hydrogens is 352 g/mol. The fourth-order valence-corrected chi connectivity index (χ4v) is 4.75. The summed E-state index contributed by atoms with van der Waals surface area (Å²) in [4.78, 5) is 0.147. The summed E-state index contributed by atoms with van der Waals surface area (Å²) in [6, 6.07) is 4.87. The van der Waals surface area contributed by atoms with Crippen molar-refractivity contribution >= 4 is 31.6 Å². The van der Waals surface area contributed by atoms with Crippen LogP contribution >= 0.6 is 15.9 Å². The number of nitrogens with two attached hydrogens (primary N) is 1. The number of hydrogen-bond acceptors (Lipinski definition) is 3. The van der Waals surface area contributed by atoms with Crippen LogP contribution in [0.5, 0.6) is 0 Å². The van der Waals surface area contributed by atoms with Crippen LogP contribution in [0.25, 0.3) is 0 Å². The Bertz CT molecular complexity index is 589. The largest absolute Gasteiger partial charge is 0.398 e. The number of anilines is 1. The van der Waals surface area contributed by atoms with E-state index in [9.17, 15) is 8.42 Å². The second kappa shape index (κ2) is 7.11. The molecule has 0 amide bonds. The number of rotatable bonds is 5. The van der Waals surface area contributed by atoms with Crippen LogP contribution in [-0.4, -0.2) is 15.0 Å². The summed E-state index contributed by atoms with van der Waals surface area (Å²) in [6.07, 6.45) is 5.89. The van der Waals surface area contributed by atoms with Gasteiger partial charge in [-0.05, 0) is 42.9 Å². The second-order valence-corrected chi connectivity index (χ2v) is 8.66. The van der Waals surface area contributed by atoms with E-state index in [0.717, 1.165) is 12.3 Å². The molecule has 21 heavy (non-hydrogen) atoms. The zero-order valence-electron chi connectivity index (χ0n) is 12.3. The molecule has 0 saturated heterocycles. The standard InChI is InChI=1S/C15H23BrN2O2S/c1-11-3-2-4-12(9-11)7-8-18-21(19,20)15-10-13(16)5-6-14(15)17/h5-6,10-12,18H,2-4,7-9,17H2,1H3. The van der Waals surface area contributed by atoms with Gasteiger partial charge in [-0.25, -0.2) is 13.1 Å². The highest BCUT2D eigenvalue weighted by Gasteiger charge is 2.21. The molecule has 1 aromatic rings. The van der Waals surface area contributed by atoms with Crippen LogP contribution in [-0.2, 0) is 10.0 Å². The lowest BCUT2D eigenvalue weighted by Crippen LogP contribution is -2.28. The fourth-order valence-electron chi connectivity index (χ4n) is 3.04. The Hall–Kier alpha value is -0.590. The Balaban J connectivity index is 1.93. The first-order valence-electron chi connectivity index (χ1n) is 7.43. The lowest BCUT2D eigenvalue weighted by Gasteiger charge is -2.26. The van der Waals surface area contributed by atoms with E-state index in [1.807, 2.05) is 0 Å². The van der Waals surface area contributed by atoms with Gasteiger partial charge in [0.2, 0.25) is 10.0 Å². The minimum absolute atomic E-state index is 0.147. The highest BCUT2D eigenvalue weighted by Crippen LogP contribution is 2.30. The molecule has 6 heteroatoms. The Labute approximate surface area is 135 Å². The summed E-state index contributed by atoms with van der Waals surface area (Å²) in [5, 5.41) is 0. The van der Waals surface area contributed by atoms with E-state index in [-0.39, 0.29) is 10.6 Å². The molecule has 0 aliphatic heterocycles. The number of nitrogens with one attached hydrogen (secondary N) is 1. The van der Waals surface area contributed by atoms with E-state index >= 15 is 0 Å². The van der Waals surface area contributed by atoms with Crippen LogP contribution in [0.2, 0.25) is 0 Å². The lowest BCUT2D eigenvalue weighted by molar-refractivity contribution is 0.271. The van der Waals surface area contributed by atoms with Crippen LogP contribution in [0.4, 0.5) is 5.69 Å². The summed E-state index contributed by atoms with van der Waals surface area (Å²) >= 11 is 3.28. The number of sulfonamides is 1. The minimum Gasteiger partial charge on any atom is -0.398 e. The van der Waals surface area contributed by atoms with Crippen molar-refractivity contribution < 1.29 is 8.42 Å². The maximum absolute atomic E-state index is 12.3. The minimum atomic E-state index is -3.53. The SMILES string of the molecule is CC1CCCC(CCNS(=O)(=O)c2cc(Br)ccc2N)C1. The molecule has 0 heterocycles. The molecule has 2 atom stereocenters. The Kier molecular flexibility index (Phi) is 5.68. The second-order valence-electron chi connectivity index (χ2n) is 6.01. The summed E-state index contributed by atoms with van der Waals surface area (Å²) in [5.74, 6) is 1.40. The number of nitrogen functional groups attached to an aromatic ring is 1. The third kappa shape index (κ3) is 4.69. The van der Waals surface area contributed by atoms with Crippen molar-refractivity contribution in [2.45, 2.75) is 43.9 Å². The summed E-state index contributed by atoms with van der Waals surface area (Å²) in [7, 11) is -3.53. The quantitative estimate of drug-likeness (QED) is 0.774. The van der Waals surface area contributed by atoms with Crippen LogP contribution in [0.1, 0.15) is 39.0 Å². The topological polar surface area (TPSA) is 72.2 Å². The summed E-state index contributed by atoms with van der Waals surface area (Å²) < 4.78 is 28.0. The van der Waals surface area contributed by atoms with Gasteiger partial charge in [-0.15, -0.1) is 0 Å². The van der Waals surface area contributed by atoms with Gasteiger partial charge >= 0.3 is 0 Å². The molecule has 0 aromatic heterocycles. The van der Waals surface area contributed by atoms with Gasteiger partial charge in [0.25, 0.3) is 0 Å². The van der Waals surface area contributed by atoms with E-state index in [1.165, 1.54) is 25.7 Å². The van der Waals surface area contributed by atoms with E-state index < -0.39 is 10.0 Å². The smallest absolute Gasteiger partial charge is 0.242 e. The van der Waals surface area contributed by atoms with Gasteiger partial charge in [-0.2, -0.15) is 0 Å². The molecule has 1 aliphatic carbocycles. The average molecular weight is 375 g/mol. The summed E-state index contributed by atoms with van der Waals surface area (Å²) in [6.45, 7) is 2.75. The van der Waals surface area contributed by atoms with Crippen molar-refractivity contribution in [1.29, 1.82) is 0 Å². The van der Waals surface area contributed by atoms with Gasteiger partial charge < -0.3 is 5.73 Å². The van der Waals surface area contributed by atoms with Crippen molar-refractivity contribution in [2.24, 2.45) is 11.8 Å². The van der Waals surface area contributed by atoms with Gasteiger partial charge in [-0.1, -0.05) is 42.1 Å². The monoisotopic (exact) mass is 374 g/mol. The molecule has 0 bridgehead atoms. The fraction of sp³-hybridized carbons (Fsp3) is 0.600. The molecule has 118 valence electrons. The Morgan fingerprint density at radius 3 is 2.86 bits per heavy atom. The zero-order valence-corrected chi connectivity index (χ0v) is 14.7. The Morgan fingerprint density at radius 2 is 2.14 bits per heavy atom. The van der Waals surface area contributed by atoms with Gasteiger partial charge in [0.05, 0.1) is 5.69 Å². The highest BCUT2D eigenvalue weighted by molar-refractivity contribution is 9.10. The third-order valence-electron chi connectivity index (χ3n) is 4.15. The van der Waals surface area contributed by atoms with E-state index in [2.05, 4.69) is 27.6 Å². The first-order chi connectivity index (χ1) is 9.88. The van der Waals surface area contributed by atoms with Crippen LogP contribution < -0.4 is 10.5 Å². The van der Waals surface area contributed by atoms with Crippen LogP contribution in [0.15, 0.2) is 27.6 Å². The van der Waals surface area contributed by atoms with Gasteiger partial charge in [0.15, 0.2) is 0 Å². The molecule has 1 saturated carbocycles. The number of hydrogen-bond donors (Lipinski definition) is 2. The van der Waals surface area contributed by atoms with Gasteiger partial charge in [0, 0.05) is 11.0 Å². The maximum Gasteiger partial charge on any atom is 0.242 e. The predicted molar refractivity (Wildman–Crippen MR) is 89.5 cm³/mol. The van der Waals surface area contributed by atoms with Gasteiger partial charge in [0.1, 0.15) is 4.90 Å². The molecule has 1 aromatic carbocycles. The van der Waals surface area contributed by atoms with E-state index in [4.69, 9.17) is 5.73 Å². The van der Waals surface area contributed by atoms with Gasteiger partial charge in [-0.3, -0.25) is 0 Å². The molecule has 2 unspecified atom stereocenters.